The van der Waals surface area contributed by atoms with E-state index in [1.165, 1.54) is 6.07 Å². The Morgan fingerprint density at radius 3 is 2.42 bits per heavy atom. The Hall–Kier alpha value is -2.46. The van der Waals surface area contributed by atoms with Crippen molar-refractivity contribution >= 4 is 39.1 Å². The topological polar surface area (TPSA) is 104 Å². The molecule has 33 heavy (non-hydrogen) atoms. The number of amides is 2. The van der Waals surface area contributed by atoms with Crippen molar-refractivity contribution in [3.8, 4) is 0 Å². The lowest BCUT2D eigenvalue weighted by atomic mass is 10.1. The van der Waals surface area contributed by atoms with E-state index < -0.39 is 10.0 Å². The van der Waals surface area contributed by atoms with Gasteiger partial charge in [0.15, 0.2) is 0 Å². The molecular weight excluding hydrogens is 464 g/mol. The fourth-order valence-corrected chi connectivity index (χ4v) is 5.27. The number of nitrogens with two attached hydrogens (primary N) is 1. The lowest BCUT2D eigenvalue weighted by molar-refractivity contribution is -0.132. The minimum absolute atomic E-state index is 0.0295. The van der Waals surface area contributed by atoms with Gasteiger partial charge in [-0.25, -0.2) is 13.6 Å². The molecule has 4 rings (SSSR count). The molecule has 1 fully saturated rings. The fourth-order valence-electron chi connectivity index (χ4n) is 4.50. The van der Waals surface area contributed by atoms with Crippen molar-refractivity contribution in [2.24, 2.45) is 5.14 Å². The first-order valence-corrected chi connectivity index (χ1v) is 12.8. The summed E-state index contributed by atoms with van der Waals surface area (Å²) in [5, 5.41) is 5.83. The second kappa shape index (κ2) is 9.42. The number of hydrogen-bond acceptors (Lipinski definition) is 5. The molecule has 1 saturated heterocycles. The number of piperazine rings is 1. The third-order valence-corrected chi connectivity index (χ3v) is 7.53. The van der Waals surface area contributed by atoms with Gasteiger partial charge in [-0.3, -0.25) is 14.5 Å². The summed E-state index contributed by atoms with van der Waals surface area (Å²) >= 11 is 6.17. The Balaban J connectivity index is 1.34. The molecule has 2 aliphatic heterocycles. The number of benzene rings is 2. The first-order valence-electron chi connectivity index (χ1n) is 10.8. The fraction of sp³-hybridized carbons (Fsp3) is 0.391. The predicted molar refractivity (Wildman–Crippen MR) is 127 cm³/mol. The smallest absolute Gasteiger partial charge is 0.241 e. The van der Waals surface area contributed by atoms with Crippen molar-refractivity contribution in [2.45, 2.75) is 30.7 Å². The SMILES string of the molecule is CC1Cc2cc(S(N)(=O)=O)ccc2N1C(=O)CN1CCN(C(=O)Cc2ccccc2Cl)CC1. The van der Waals surface area contributed by atoms with E-state index in [1.807, 2.05) is 34.9 Å². The van der Waals surface area contributed by atoms with Crippen LogP contribution in [-0.4, -0.2) is 68.8 Å². The molecule has 0 saturated carbocycles. The molecule has 0 radical (unpaired) electrons. The monoisotopic (exact) mass is 490 g/mol. The highest BCUT2D eigenvalue weighted by molar-refractivity contribution is 7.89. The van der Waals surface area contributed by atoms with Gasteiger partial charge in [-0.2, -0.15) is 0 Å². The number of primary sulfonamides is 1. The minimum Gasteiger partial charge on any atom is -0.340 e. The van der Waals surface area contributed by atoms with Crippen molar-refractivity contribution in [3.05, 3.63) is 58.6 Å². The van der Waals surface area contributed by atoms with Crippen molar-refractivity contribution in [3.63, 3.8) is 0 Å². The standard InChI is InChI=1S/C23H27ClN4O4S/c1-16-12-18-13-19(33(25,31)32)6-7-21(18)28(16)23(30)15-26-8-10-27(11-9-26)22(29)14-17-4-2-3-5-20(17)24/h2-7,13,16H,8-12,14-15H2,1H3,(H2,25,31,32). The van der Waals surface area contributed by atoms with E-state index in [-0.39, 0.29) is 35.7 Å². The summed E-state index contributed by atoms with van der Waals surface area (Å²) in [5.74, 6) is -0.0118. The normalized spacial score (nSPS) is 18.9. The molecule has 2 aromatic carbocycles. The summed E-state index contributed by atoms with van der Waals surface area (Å²) in [7, 11) is -3.79. The maximum Gasteiger partial charge on any atom is 0.241 e. The van der Waals surface area contributed by atoms with Gasteiger partial charge in [0.05, 0.1) is 17.9 Å². The number of carbonyl (C=O) groups is 2. The van der Waals surface area contributed by atoms with Crippen LogP contribution in [0.25, 0.3) is 0 Å². The first-order chi connectivity index (χ1) is 15.6. The Morgan fingerprint density at radius 1 is 1.06 bits per heavy atom. The van der Waals surface area contributed by atoms with Crippen molar-refractivity contribution in [1.29, 1.82) is 0 Å². The van der Waals surface area contributed by atoms with Crippen molar-refractivity contribution in [2.75, 3.05) is 37.6 Å². The maximum atomic E-state index is 13.1. The number of carbonyl (C=O) groups excluding carboxylic acids is 2. The Kier molecular flexibility index (Phi) is 6.76. The molecular formula is C23H27ClN4O4S. The second-order valence-corrected chi connectivity index (χ2v) is 10.5. The zero-order chi connectivity index (χ0) is 23.8. The number of nitrogens with zero attached hydrogens (tertiary/aromatic N) is 3. The van der Waals surface area contributed by atoms with E-state index in [2.05, 4.69) is 0 Å². The molecule has 2 N–H and O–H groups in total. The van der Waals surface area contributed by atoms with E-state index in [9.17, 15) is 18.0 Å². The molecule has 176 valence electrons. The van der Waals surface area contributed by atoms with Crippen LogP contribution in [0.5, 0.6) is 0 Å². The van der Waals surface area contributed by atoms with E-state index in [0.717, 1.165) is 16.8 Å². The molecule has 2 aliphatic rings. The van der Waals surface area contributed by atoms with Crippen LogP contribution in [0.15, 0.2) is 47.4 Å². The highest BCUT2D eigenvalue weighted by Gasteiger charge is 2.33. The van der Waals surface area contributed by atoms with Crippen molar-refractivity contribution < 1.29 is 18.0 Å². The van der Waals surface area contributed by atoms with Gasteiger partial charge in [0.2, 0.25) is 21.8 Å². The number of hydrogen-bond donors (Lipinski definition) is 1. The average Bonchev–Trinajstić information content (AvgIpc) is 3.10. The molecule has 2 amide bonds. The van der Waals surface area contributed by atoms with Crippen LogP contribution in [0.1, 0.15) is 18.1 Å². The Labute approximate surface area is 198 Å². The zero-order valence-corrected chi connectivity index (χ0v) is 20.0. The van der Waals surface area contributed by atoms with E-state index >= 15 is 0 Å². The van der Waals surface area contributed by atoms with Gasteiger partial charge >= 0.3 is 0 Å². The molecule has 2 aromatic rings. The molecule has 1 atom stereocenters. The minimum atomic E-state index is -3.79. The van der Waals surface area contributed by atoms with Gasteiger partial charge in [-0.05, 0) is 48.7 Å². The van der Waals surface area contributed by atoms with Crippen LogP contribution >= 0.6 is 11.6 Å². The van der Waals surface area contributed by atoms with E-state index in [4.69, 9.17) is 16.7 Å². The molecule has 10 heteroatoms. The molecule has 0 aromatic heterocycles. The van der Waals surface area contributed by atoms with Crippen LogP contribution < -0.4 is 10.0 Å². The van der Waals surface area contributed by atoms with Gasteiger partial charge in [0.1, 0.15) is 0 Å². The summed E-state index contributed by atoms with van der Waals surface area (Å²) in [4.78, 5) is 31.4. The van der Waals surface area contributed by atoms with Gasteiger partial charge in [-0.1, -0.05) is 29.8 Å². The predicted octanol–water partition coefficient (Wildman–Crippen LogP) is 1.65. The van der Waals surface area contributed by atoms with Gasteiger partial charge in [-0.15, -0.1) is 0 Å². The van der Waals surface area contributed by atoms with Gasteiger partial charge in [0, 0.05) is 42.9 Å². The number of sulfonamides is 1. The van der Waals surface area contributed by atoms with E-state index in [0.29, 0.717) is 37.6 Å². The number of halogens is 1. The summed E-state index contributed by atoms with van der Waals surface area (Å²) in [6, 6.07) is 11.9. The first kappa shape index (κ1) is 23.7. The Bertz CT molecular complexity index is 1180. The van der Waals surface area contributed by atoms with E-state index in [1.54, 1.807) is 23.1 Å². The molecule has 8 nitrogen and oxygen atoms in total. The number of rotatable bonds is 5. The van der Waals surface area contributed by atoms with Crippen LogP contribution in [0.2, 0.25) is 5.02 Å². The molecule has 1 unspecified atom stereocenters. The lowest BCUT2D eigenvalue weighted by Crippen LogP contribution is -2.52. The second-order valence-electron chi connectivity index (χ2n) is 8.58. The van der Waals surface area contributed by atoms with Crippen LogP contribution in [0.4, 0.5) is 5.69 Å². The summed E-state index contributed by atoms with van der Waals surface area (Å²) in [5.41, 5.74) is 2.35. The number of anilines is 1. The summed E-state index contributed by atoms with van der Waals surface area (Å²) < 4.78 is 23.3. The van der Waals surface area contributed by atoms with Gasteiger partial charge < -0.3 is 9.80 Å². The summed E-state index contributed by atoms with van der Waals surface area (Å²) in [6.07, 6.45) is 0.843. The van der Waals surface area contributed by atoms with Crippen LogP contribution in [0.3, 0.4) is 0 Å². The highest BCUT2D eigenvalue weighted by Crippen LogP contribution is 2.34. The maximum absolute atomic E-state index is 13.1. The molecule has 0 spiro atoms. The third-order valence-electron chi connectivity index (χ3n) is 6.25. The molecule has 0 aliphatic carbocycles. The Morgan fingerprint density at radius 2 is 1.76 bits per heavy atom. The lowest BCUT2D eigenvalue weighted by Gasteiger charge is -2.35. The molecule has 2 heterocycles. The quantitative estimate of drug-likeness (QED) is 0.686. The van der Waals surface area contributed by atoms with Crippen molar-refractivity contribution in [1.82, 2.24) is 9.80 Å². The average molecular weight is 491 g/mol. The van der Waals surface area contributed by atoms with Gasteiger partial charge in [0.25, 0.3) is 0 Å². The summed E-state index contributed by atoms with van der Waals surface area (Å²) in [6.45, 7) is 4.52. The highest BCUT2D eigenvalue weighted by atomic mass is 35.5. The van der Waals surface area contributed by atoms with Crippen LogP contribution in [-0.2, 0) is 32.5 Å². The largest absolute Gasteiger partial charge is 0.340 e. The number of fused-ring (bicyclic) bond motifs is 1. The molecule has 0 bridgehead atoms. The third kappa shape index (κ3) is 5.22. The van der Waals surface area contributed by atoms with Crippen LogP contribution in [0, 0.1) is 0 Å². The zero-order valence-electron chi connectivity index (χ0n) is 18.4.